The highest BCUT2D eigenvalue weighted by molar-refractivity contribution is 5.91. The smallest absolute Gasteiger partial charge is 0.385 e. The number of unbranched alkanes of at least 4 members (excludes halogenated alkanes) is 16. The van der Waals surface area contributed by atoms with Crippen molar-refractivity contribution >= 4 is 11.9 Å². The lowest BCUT2D eigenvalue weighted by molar-refractivity contribution is -0.137. The van der Waals surface area contributed by atoms with Crippen molar-refractivity contribution in [3.8, 4) is 23.7 Å². The molecule has 0 aliphatic rings. The molecule has 32 heavy (non-hydrogen) atoms. The first-order valence-electron chi connectivity index (χ1n) is 13.1. The first-order chi connectivity index (χ1) is 15.7. The van der Waals surface area contributed by atoms with E-state index in [-0.39, 0.29) is 0 Å². The van der Waals surface area contributed by atoms with Crippen molar-refractivity contribution in [3.63, 3.8) is 0 Å². The van der Waals surface area contributed by atoms with Crippen molar-refractivity contribution in [2.24, 2.45) is 0 Å². The molecule has 0 rings (SSSR count). The molecule has 0 saturated heterocycles. The van der Waals surface area contributed by atoms with E-state index in [1.807, 2.05) is 0 Å². The Labute approximate surface area is 197 Å². The second kappa shape index (κ2) is 25.3. The Balaban J connectivity index is 3.56. The number of esters is 2. The second-order valence-electron chi connectivity index (χ2n) is 8.43. The normalized spacial score (nSPS) is 9.94. The molecule has 4 nitrogen and oxygen atoms in total. The van der Waals surface area contributed by atoms with E-state index >= 15 is 0 Å². The van der Waals surface area contributed by atoms with E-state index in [0.29, 0.717) is 13.2 Å². The first kappa shape index (κ1) is 30.1. The van der Waals surface area contributed by atoms with Gasteiger partial charge in [0, 0.05) is 11.8 Å². The van der Waals surface area contributed by atoms with Crippen molar-refractivity contribution in [3.05, 3.63) is 0 Å². The van der Waals surface area contributed by atoms with Crippen LogP contribution in [-0.4, -0.2) is 25.2 Å². The highest BCUT2D eigenvalue weighted by Crippen LogP contribution is 2.10. The Morgan fingerprint density at radius 2 is 0.750 bits per heavy atom. The number of carbonyl (C=O) groups excluding carboxylic acids is 2. The lowest BCUT2D eigenvalue weighted by Crippen LogP contribution is -2.03. The summed E-state index contributed by atoms with van der Waals surface area (Å²) < 4.78 is 10.1. The number of ether oxygens (including phenoxy) is 2. The van der Waals surface area contributed by atoms with Crippen molar-refractivity contribution in [2.75, 3.05) is 13.2 Å². The van der Waals surface area contributed by atoms with Gasteiger partial charge in [0.15, 0.2) is 0 Å². The maximum atomic E-state index is 11.5. The molecule has 0 atom stereocenters. The van der Waals surface area contributed by atoms with Gasteiger partial charge in [0.2, 0.25) is 0 Å². The van der Waals surface area contributed by atoms with Crippen LogP contribution in [0.3, 0.4) is 0 Å². The Morgan fingerprint density at radius 1 is 0.469 bits per heavy atom. The van der Waals surface area contributed by atoms with E-state index in [0.717, 1.165) is 25.7 Å². The fourth-order valence-electron chi connectivity index (χ4n) is 3.39. The predicted molar refractivity (Wildman–Crippen MR) is 132 cm³/mol. The van der Waals surface area contributed by atoms with Gasteiger partial charge < -0.3 is 9.47 Å². The molecular weight excluding hydrogens is 400 g/mol. The summed E-state index contributed by atoms with van der Waals surface area (Å²) in [5.74, 6) is 8.09. The summed E-state index contributed by atoms with van der Waals surface area (Å²) in [7, 11) is 0. The highest BCUT2D eigenvalue weighted by Gasteiger charge is 1.98. The lowest BCUT2D eigenvalue weighted by atomic mass is 10.1. The zero-order valence-electron chi connectivity index (χ0n) is 20.8. The SMILES string of the molecule is CCCCCCCCCCCOC(=O)C#CC#CC(=O)OCCCCCCCCCCC. The summed E-state index contributed by atoms with van der Waals surface area (Å²) in [6.07, 6.45) is 21.9. The van der Waals surface area contributed by atoms with Gasteiger partial charge in [-0.2, -0.15) is 0 Å². The summed E-state index contributed by atoms with van der Waals surface area (Å²) in [6, 6.07) is 0. The molecule has 4 heteroatoms. The first-order valence-corrected chi connectivity index (χ1v) is 13.1. The fraction of sp³-hybridized carbons (Fsp3) is 0.786. The van der Waals surface area contributed by atoms with Crippen molar-refractivity contribution in [1.29, 1.82) is 0 Å². The van der Waals surface area contributed by atoms with Crippen LogP contribution in [0.25, 0.3) is 0 Å². The summed E-state index contributed by atoms with van der Waals surface area (Å²) >= 11 is 0. The van der Waals surface area contributed by atoms with Crippen LogP contribution < -0.4 is 0 Å². The maximum Gasteiger partial charge on any atom is 0.385 e. The van der Waals surface area contributed by atoms with Gasteiger partial charge in [-0.15, -0.1) is 0 Å². The molecule has 0 aromatic heterocycles. The summed E-state index contributed by atoms with van der Waals surface area (Å²) in [5, 5.41) is 0. The summed E-state index contributed by atoms with van der Waals surface area (Å²) in [5.41, 5.74) is 0. The second-order valence-corrected chi connectivity index (χ2v) is 8.43. The molecule has 0 aromatic carbocycles. The molecule has 0 N–H and O–H groups in total. The van der Waals surface area contributed by atoms with E-state index in [2.05, 4.69) is 37.5 Å². The summed E-state index contributed by atoms with van der Waals surface area (Å²) in [6.45, 7) is 5.23. The minimum atomic E-state index is -0.595. The van der Waals surface area contributed by atoms with Crippen LogP contribution in [0.4, 0.5) is 0 Å². The molecule has 0 aromatic rings. The van der Waals surface area contributed by atoms with Gasteiger partial charge in [-0.1, -0.05) is 117 Å². The number of hydrogen-bond donors (Lipinski definition) is 0. The number of carbonyl (C=O) groups is 2. The lowest BCUT2D eigenvalue weighted by Gasteiger charge is -2.02. The quantitative estimate of drug-likeness (QED) is 0.0863. The third-order valence-corrected chi connectivity index (χ3v) is 5.35. The van der Waals surface area contributed by atoms with Gasteiger partial charge in [0.05, 0.1) is 13.2 Å². The molecule has 0 fully saturated rings. The minimum absolute atomic E-state index is 0.386. The van der Waals surface area contributed by atoms with Crippen molar-refractivity contribution in [1.82, 2.24) is 0 Å². The van der Waals surface area contributed by atoms with Crippen LogP contribution in [-0.2, 0) is 19.1 Å². The van der Waals surface area contributed by atoms with Crippen LogP contribution in [0.1, 0.15) is 129 Å². The van der Waals surface area contributed by atoms with Crippen molar-refractivity contribution in [2.45, 2.75) is 129 Å². The van der Waals surface area contributed by atoms with Crippen LogP contribution in [0.5, 0.6) is 0 Å². The molecular formula is C28H46O4. The monoisotopic (exact) mass is 446 g/mol. The Morgan fingerprint density at radius 3 is 1.06 bits per heavy atom. The molecule has 0 unspecified atom stereocenters. The standard InChI is InChI=1S/C28H46O4/c1-3-5-7-9-11-13-15-17-21-25-31-27(29)23-19-20-24-28(30)32-26-22-18-16-14-12-10-8-6-4-2/h3-18,21-22,25-26H2,1-2H3. The minimum Gasteiger partial charge on any atom is -0.456 e. The molecule has 0 saturated carbocycles. The van der Waals surface area contributed by atoms with E-state index in [9.17, 15) is 9.59 Å². The average Bonchev–Trinajstić information content (AvgIpc) is 2.79. The van der Waals surface area contributed by atoms with Gasteiger partial charge in [0.1, 0.15) is 0 Å². The van der Waals surface area contributed by atoms with Gasteiger partial charge in [-0.3, -0.25) is 0 Å². The molecule has 0 bridgehead atoms. The Bertz CT molecular complexity index is 522. The van der Waals surface area contributed by atoms with Crippen molar-refractivity contribution < 1.29 is 19.1 Å². The third-order valence-electron chi connectivity index (χ3n) is 5.35. The highest BCUT2D eigenvalue weighted by atomic mass is 16.5. The van der Waals surface area contributed by atoms with Crippen LogP contribution in [0, 0.1) is 23.7 Å². The topological polar surface area (TPSA) is 52.6 Å². The molecule has 182 valence electrons. The Kier molecular flexibility index (Phi) is 23.8. The molecule has 0 aliphatic carbocycles. The van der Waals surface area contributed by atoms with E-state index in [1.165, 1.54) is 89.9 Å². The molecule has 0 radical (unpaired) electrons. The van der Waals surface area contributed by atoms with Crippen LogP contribution in [0.15, 0.2) is 0 Å². The van der Waals surface area contributed by atoms with Crippen LogP contribution >= 0.6 is 0 Å². The van der Waals surface area contributed by atoms with Gasteiger partial charge >= 0.3 is 11.9 Å². The third kappa shape index (κ3) is 24.3. The largest absolute Gasteiger partial charge is 0.456 e. The maximum absolute atomic E-state index is 11.5. The van der Waals surface area contributed by atoms with E-state index in [4.69, 9.17) is 9.47 Å². The van der Waals surface area contributed by atoms with Gasteiger partial charge in [0.25, 0.3) is 0 Å². The molecule has 0 aliphatic heterocycles. The number of rotatable bonds is 20. The molecule has 0 heterocycles. The predicted octanol–water partition coefficient (Wildman–Crippen LogP) is 7.14. The van der Waals surface area contributed by atoms with Gasteiger partial charge in [-0.25, -0.2) is 9.59 Å². The average molecular weight is 447 g/mol. The summed E-state index contributed by atoms with van der Waals surface area (Å²) in [4.78, 5) is 23.0. The van der Waals surface area contributed by atoms with Crippen LogP contribution in [0.2, 0.25) is 0 Å². The zero-order chi connectivity index (χ0) is 23.5. The molecule has 0 amide bonds. The Hall–Kier alpha value is -1.94. The van der Waals surface area contributed by atoms with E-state index < -0.39 is 11.9 Å². The zero-order valence-corrected chi connectivity index (χ0v) is 20.8. The molecule has 0 spiro atoms. The van der Waals surface area contributed by atoms with E-state index in [1.54, 1.807) is 0 Å². The number of hydrogen-bond acceptors (Lipinski definition) is 4. The van der Waals surface area contributed by atoms with Gasteiger partial charge in [-0.05, 0) is 24.7 Å². The fourth-order valence-corrected chi connectivity index (χ4v) is 3.39.